The van der Waals surface area contributed by atoms with Crippen molar-refractivity contribution in [3.63, 3.8) is 0 Å². The largest absolute Gasteiger partial charge is 0.489 e. The van der Waals surface area contributed by atoms with E-state index in [4.69, 9.17) is 9.47 Å². The van der Waals surface area contributed by atoms with Crippen LogP contribution in [0.5, 0.6) is 11.6 Å². The second-order valence-electron chi connectivity index (χ2n) is 9.33. The Morgan fingerprint density at radius 3 is 2.32 bits per heavy atom. The molecular weight excluding hydrogens is 463 g/mol. The van der Waals surface area contributed by atoms with E-state index in [2.05, 4.69) is 63.2 Å². The average Bonchev–Trinajstić information content (AvgIpc) is 2.91. The van der Waals surface area contributed by atoms with E-state index in [1.807, 2.05) is 44.2 Å². The summed E-state index contributed by atoms with van der Waals surface area (Å²) in [6, 6.07) is 16.5. The number of pyridine rings is 1. The first-order chi connectivity index (χ1) is 17.7. The molecule has 2 aromatic carbocycles. The van der Waals surface area contributed by atoms with Crippen molar-refractivity contribution in [1.29, 1.82) is 0 Å². The quantitative estimate of drug-likeness (QED) is 0.261. The van der Waals surface area contributed by atoms with Gasteiger partial charge in [0.05, 0.1) is 13.3 Å². The molecule has 0 spiro atoms. The van der Waals surface area contributed by atoms with Crippen LogP contribution in [0.3, 0.4) is 0 Å². The van der Waals surface area contributed by atoms with Crippen LogP contribution in [0.15, 0.2) is 61.3 Å². The fourth-order valence-corrected chi connectivity index (χ4v) is 4.20. The monoisotopic (exact) mass is 506 g/mol. The van der Waals surface area contributed by atoms with E-state index >= 15 is 0 Å². The Hall–Kier alpha value is -3.18. The highest BCUT2D eigenvalue weighted by molar-refractivity contribution is 5.69. The third kappa shape index (κ3) is 8.16. The lowest BCUT2D eigenvalue weighted by Gasteiger charge is -2.31. The van der Waals surface area contributed by atoms with Crippen molar-refractivity contribution in [1.82, 2.24) is 9.88 Å². The smallest absolute Gasteiger partial charge is 0.213 e. The van der Waals surface area contributed by atoms with E-state index in [0.717, 1.165) is 40.0 Å². The molecule has 1 heterocycles. The van der Waals surface area contributed by atoms with Gasteiger partial charge in [-0.25, -0.2) is 9.37 Å². The van der Waals surface area contributed by atoms with E-state index < -0.39 is 0 Å². The van der Waals surface area contributed by atoms with Crippen molar-refractivity contribution in [3.05, 3.63) is 83.8 Å². The average molecular weight is 507 g/mol. The van der Waals surface area contributed by atoms with Crippen LogP contribution < -0.4 is 9.47 Å². The van der Waals surface area contributed by atoms with Crippen molar-refractivity contribution in [2.75, 3.05) is 7.11 Å². The highest BCUT2D eigenvalue weighted by atomic mass is 19.1. The van der Waals surface area contributed by atoms with Gasteiger partial charge >= 0.3 is 0 Å². The number of benzene rings is 2. The molecule has 0 saturated heterocycles. The number of nitrogens with zero attached hydrogens (tertiary/aromatic N) is 2. The molecule has 0 amide bonds. The zero-order valence-corrected chi connectivity index (χ0v) is 23.8. The van der Waals surface area contributed by atoms with Gasteiger partial charge < -0.3 is 9.47 Å². The standard InChI is InChI=1S/C30H37FN2O2.C2H6/c1-8-22(6)24-10-9-11-26(15-24)35-19-23-12-13-27(28-16-30(34-7)32-17-29(28)31)25(14-23)18-33(20(2)3)21(4)5;1-2/h9-17,20-21H,6,8,18-19H2,1-5,7H3;1-2H3. The first kappa shape index (κ1) is 30.0. The van der Waals surface area contributed by atoms with Gasteiger partial charge in [-0.3, -0.25) is 4.90 Å². The molecule has 3 aromatic rings. The molecule has 200 valence electrons. The van der Waals surface area contributed by atoms with Gasteiger partial charge in [0, 0.05) is 30.3 Å². The van der Waals surface area contributed by atoms with Crippen molar-refractivity contribution < 1.29 is 13.9 Å². The van der Waals surface area contributed by atoms with Crippen LogP contribution in [0.25, 0.3) is 16.7 Å². The molecule has 37 heavy (non-hydrogen) atoms. The Labute approximate surface area is 223 Å². The number of halogens is 1. The predicted molar refractivity (Wildman–Crippen MR) is 153 cm³/mol. The van der Waals surface area contributed by atoms with Crippen molar-refractivity contribution in [2.24, 2.45) is 0 Å². The molecule has 4 nitrogen and oxygen atoms in total. The Morgan fingerprint density at radius 2 is 1.70 bits per heavy atom. The molecule has 3 rings (SSSR count). The lowest BCUT2D eigenvalue weighted by atomic mass is 9.96. The summed E-state index contributed by atoms with van der Waals surface area (Å²) in [5, 5.41) is 0. The van der Waals surface area contributed by atoms with Crippen molar-refractivity contribution in [3.8, 4) is 22.8 Å². The van der Waals surface area contributed by atoms with Crippen LogP contribution in [-0.2, 0) is 13.2 Å². The van der Waals surface area contributed by atoms with Gasteiger partial charge in [0.2, 0.25) is 5.88 Å². The number of hydrogen-bond acceptors (Lipinski definition) is 4. The van der Waals surface area contributed by atoms with Gasteiger partial charge in [-0.2, -0.15) is 0 Å². The summed E-state index contributed by atoms with van der Waals surface area (Å²) in [5.74, 6) is 0.821. The van der Waals surface area contributed by atoms with Crippen LogP contribution in [0.1, 0.15) is 71.6 Å². The van der Waals surface area contributed by atoms with Crippen LogP contribution in [0.2, 0.25) is 0 Å². The van der Waals surface area contributed by atoms with E-state index in [1.54, 1.807) is 6.07 Å². The number of rotatable bonds is 11. The van der Waals surface area contributed by atoms with Crippen LogP contribution in [0, 0.1) is 5.82 Å². The van der Waals surface area contributed by atoms with Crippen LogP contribution >= 0.6 is 0 Å². The zero-order chi connectivity index (χ0) is 27.5. The summed E-state index contributed by atoms with van der Waals surface area (Å²) in [6.07, 6.45) is 2.11. The lowest BCUT2D eigenvalue weighted by molar-refractivity contribution is 0.166. The van der Waals surface area contributed by atoms with E-state index in [0.29, 0.717) is 36.7 Å². The SMILES string of the molecule is C=C(CC)c1cccc(OCc2ccc(-c3cc(OC)ncc3F)c(CN(C(C)C)C(C)C)c2)c1.CC. The summed E-state index contributed by atoms with van der Waals surface area (Å²) in [5.41, 5.74) is 5.55. The molecule has 0 saturated carbocycles. The first-order valence-electron chi connectivity index (χ1n) is 13.2. The maximum atomic E-state index is 14.9. The summed E-state index contributed by atoms with van der Waals surface area (Å²) in [7, 11) is 1.54. The molecule has 0 radical (unpaired) electrons. The predicted octanol–water partition coefficient (Wildman–Crippen LogP) is 8.54. The summed E-state index contributed by atoms with van der Waals surface area (Å²) in [4.78, 5) is 6.39. The molecule has 0 aliphatic heterocycles. The maximum Gasteiger partial charge on any atom is 0.213 e. The molecule has 5 heteroatoms. The van der Waals surface area contributed by atoms with E-state index in [9.17, 15) is 4.39 Å². The molecule has 1 aromatic heterocycles. The number of aromatic nitrogens is 1. The van der Waals surface area contributed by atoms with Gasteiger partial charge in [0.25, 0.3) is 0 Å². The van der Waals surface area contributed by atoms with E-state index in [-0.39, 0.29) is 5.82 Å². The number of ether oxygens (including phenoxy) is 2. The van der Waals surface area contributed by atoms with Gasteiger partial charge in [0.1, 0.15) is 18.2 Å². The minimum atomic E-state index is -0.371. The molecule has 0 aliphatic rings. The van der Waals surface area contributed by atoms with Crippen LogP contribution in [0.4, 0.5) is 4.39 Å². The Bertz CT molecular complexity index is 1150. The fourth-order valence-electron chi connectivity index (χ4n) is 4.20. The highest BCUT2D eigenvalue weighted by Crippen LogP contribution is 2.31. The highest BCUT2D eigenvalue weighted by Gasteiger charge is 2.19. The minimum absolute atomic E-state index is 0.342. The second kappa shape index (κ2) is 14.5. The second-order valence-corrected chi connectivity index (χ2v) is 9.33. The van der Waals surface area contributed by atoms with Gasteiger partial charge in [-0.05, 0) is 74.1 Å². The Kier molecular flexibility index (Phi) is 11.8. The maximum absolute atomic E-state index is 14.9. The number of allylic oxidation sites excluding steroid dienone is 1. The van der Waals surface area contributed by atoms with Crippen molar-refractivity contribution >= 4 is 5.57 Å². The number of hydrogen-bond donors (Lipinski definition) is 0. The van der Waals surface area contributed by atoms with Crippen molar-refractivity contribution in [2.45, 2.75) is 80.1 Å². The normalized spacial score (nSPS) is 10.9. The van der Waals surface area contributed by atoms with Crippen LogP contribution in [-0.4, -0.2) is 29.1 Å². The first-order valence-corrected chi connectivity index (χ1v) is 13.2. The topological polar surface area (TPSA) is 34.6 Å². The molecule has 0 atom stereocenters. The Morgan fingerprint density at radius 1 is 1.00 bits per heavy atom. The molecule has 0 aliphatic carbocycles. The van der Waals surface area contributed by atoms with Gasteiger partial charge in [-0.15, -0.1) is 0 Å². The zero-order valence-electron chi connectivity index (χ0n) is 23.8. The minimum Gasteiger partial charge on any atom is -0.489 e. The fraction of sp³-hybridized carbons (Fsp3) is 0.406. The Balaban J connectivity index is 0.00000235. The summed E-state index contributed by atoms with van der Waals surface area (Å²) in [6.45, 7) is 20.0. The third-order valence-corrected chi connectivity index (χ3v) is 6.25. The molecular formula is C32H43FN2O2. The van der Waals surface area contributed by atoms with Gasteiger partial charge in [0.15, 0.2) is 0 Å². The molecule has 0 bridgehead atoms. The summed E-state index contributed by atoms with van der Waals surface area (Å²) >= 11 is 0. The van der Waals surface area contributed by atoms with Gasteiger partial charge in [-0.1, -0.05) is 57.7 Å². The molecule has 0 unspecified atom stereocenters. The summed E-state index contributed by atoms with van der Waals surface area (Å²) < 4.78 is 26.3. The molecule has 0 N–H and O–H groups in total. The van der Waals surface area contributed by atoms with E-state index in [1.165, 1.54) is 13.3 Å². The molecule has 0 fully saturated rings. The lowest BCUT2D eigenvalue weighted by Crippen LogP contribution is -2.36. The number of methoxy groups -OCH3 is 1. The third-order valence-electron chi connectivity index (χ3n) is 6.25.